The van der Waals surface area contributed by atoms with Crippen LogP contribution in [-0.2, 0) is 11.2 Å². The number of aromatic nitrogens is 1. The van der Waals surface area contributed by atoms with Crippen molar-refractivity contribution in [1.82, 2.24) is 4.98 Å². The highest BCUT2D eigenvalue weighted by Gasteiger charge is 2.10. The minimum atomic E-state index is -0.891. The van der Waals surface area contributed by atoms with Gasteiger partial charge in [-0.25, -0.2) is 0 Å². The topological polar surface area (TPSA) is 70.2 Å². The first-order valence-electron chi connectivity index (χ1n) is 5.83. The molecular weight excluding hydrogens is 230 g/mol. The zero-order valence-electron chi connectivity index (χ0n) is 10.4. The maximum absolute atomic E-state index is 11.9. The number of aromatic amines is 1. The molecule has 0 radical (unpaired) electrons. The molecule has 0 saturated heterocycles. The van der Waals surface area contributed by atoms with E-state index in [1.165, 1.54) is 0 Å². The Hall–Kier alpha value is -2.10. The Bertz CT molecular complexity index is 671. The molecule has 94 valence electrons. The van der Waals surface area contributed by atoms with Gasteiger partial charge < -0.3 is 10.1 Å². The zero-order chi connectivity index (χ0) is 13.3. The number of hydrogen-bond acceptors (Lipinski definition) is 2. The number of hydrogen-bond donors (Lipinski definition) is 2. The van der Waals surface area contributed by atoms with Gasteiger partial charge in [0.1, 0.15) is 0 Å². The van der Waals surface area contributed by atoms with Crippen LogP contribution in [0.5, 0.6) is 0 Å². The lowest BCUT2D eigenvalue weighted by Gasteiger charge is -2.08. The van der Waals surface area contributed by atoms with Crippen LogP contribution in [0.3, 0.4) is 0 Å². The van der Waals surface area contributed by atoms with Gasteiger partial charge in [0, 0.05) is 22.9 Å². The molecule has 2 aromatic rings. The second-order valence-electron chi connectivity index (χ2n) is 4.50. The van der Waals surface area contributed by atoms with Crippen molar-refractivity contribution < 1.29 is 9.90 Å². The highest BCUT2D eigenvalue weighted by molar-refractivity contribution is 5.83. The maximum Gasteiger partial charge on any atom is 0.303 e. The molecule has 0 aliphatic rings. The van der Waals surface area contributed by atoms with E-state index in [0.29, 0.717) is 5.56 Å². The first-order valence-corrected chi connectivity index (χ1v) is 5.83. The zero-order valence-corrected chi connectivity index (χ0v) is 10.4. The number of carboxylic acid groups (broad SMARTS) is 1. The minimum Gasteiger partial charge on any atom is -0.481 e. The van der Waals surface area contributed by atoms with Crippen LogP contribution in [0.2, 0.25) is 0 Å². The second kappa shape index (κ2) is 4.64. The largest absolute Gasteiger partial charge is 0.481 e. The van der Waals surface area contributed by atoms with E-state index >= 15 is 0 Å². The summed E-state index contributed by atoms with van der Waals surface area (Å²) in [5.74, 6) is -0.891. The van der Waals surface area contributed by atoms with Crippen molar-refractivity contribution >= 4 is 16.9 Å². The highest BCUT2D eigenvalue weighted by atomic mass is 16.4. The molecule has 1 aromatic carbocycles. The van der Waals surface area contributed by atoms with Crippen molar-refractivity contribution in [3.05, 3.63) is 45.2 Å². The molecule has 18 heavy (non-hydrogen) atoms. The molecule has 0 bridgehead atoms. The predicted octanol–water partition coefficient (Wildman–Crippen LogP) is 2.16. The Morgan fingerprint density at radius 3 is 2.72 bits per heavy atom. The minimum absolute atomic E-state index is 0.0265. The summed E-state index contributed by atoms with van der Waals surface area (Å²) in [5, 5.41) is 9.67. The number of rotatable bonds is 3. The van der Waals surface area contributed by atoms with Gasteiger partial charge in [-0.3, -0.25) is 9.59 Å². The number of pyridine rings is 1. The van der Waals surface area contributed by atoms with Crippen LogP contribution in [-0.4, -0.2) is 16.1 Å². The Labute approximate surface area is 104 Å². The lowest BCUT2D eigenvalue weighted by Crippen LogP contribution is -2.16. The maximum atomic E-state index is 11.9. The van der Waals surface area contributed by atoms with Gasteiger partial charge in [-0.05, 0) is 37.5 Å². The Balaban J connectivity index is 2.58. The first kappa shape index (κ1) is 12.4. The summed E-state index contributed by atoms with van der Waals surface area (Å²) in [7, 11) is 0. The van der Waals surface area contributed by atoms with Gasteiger partial charge in [0.2, 0.25) is 0 Å². The molecule has 0 unspecified atom stereocenters. The molecular formula is C14H15NO3. The molecule has 4 heteroatoms. The molecule has 0 amide bonds. The number of benzene rings is 1. The number of carboxylic acids is 1. The Kier molecular flexibility index (Phi) is 3.19. The third-order valence-electron chi connectivity index (χ3n) is 3.14. The van der Waals surface area contributed by atoms with Crippen LogP contribution in [0.4, 0.5) is 0 Å². The molecule has 0 saturated carbocycles. The van der Waals surface area contributed by atoms with Gasteiger partial charge in [-0.1, -0.05) is 12.1 Å². The van der Waals surface area contributed by atoms with E-state index in [1.807, 2.05) is 32.0 Å². The van der Waals surface area contributed by atoms with Gasteiger partial charge >= 0.3 is 5.97 Å². The number of aryl methyl sites for hydroxylation is 2. The summed E-state index contributed by atoms with van der Waals surface area (Å²) < 4.78 is 0. The summed E-state index contributed by atoms with van der Waals surface area (Å²) in [6.45, 7) is 3.83. The highest BCUT2D eigenvalue weighted by Crippen LogP contribution is 2.19. The van der Waals surface area contributed by atoms with Gasteiger partial charge in [-0.15, -0.1) is 0 Å². The average molecular weight is 245 g/mol. The lowest BCUT2D eigenvalue weighted by molar-refractivity contribution is -0.136. The summed E-state index contributed by atoms with van der Waals surface area (Å²) in [5.41, 5.74) is 3.13. The van der Waals surface area contributed by atoms with E-state index in [9.17, 15) is 9.59 Å². The van der Waals surface area contributed by atoms with E-state index in [1.54, 1.807) is 0 Å². The number of nitrogens with one attached hydrogen (secondary N) is 1. The predicted molar refractivity (Wildman–Crippen MR) is 70.0 cm³/mol. The van der Waals surface area contributed by atoms with Gasteiger partial charge in [0.25, 0.3) is 5.56 Å². The molecule has 0 aliphatic carbocycles. The molecule has 1 aromatic heterocycles. The third-order valence-corrected chi connectivity index (χ3v) is 3.14. The number of carbonyl (C=O) groups is 1. The molecule has 1 heterocycles. The van der Waals surface area contributed by atoms with Crippen molar-refractivity contribution in [2.45, 2.75) is 26.7 Å². The van der Waals surface area contributed by atoms with E-state index in [-0.39, 0.29) is 18.4 Å². The number of H-pyrrole nitrogens is 1. The van der Waals surface area contributed by atoms with Crippen LogP contribution in [0, 0.1) is 13.8 Å². The van der Waals surface area contributed by atoms with Crippen LogP contribution in [0.1, 0.15) is 23.1 Å². The smallest absolute Gasteiger partial charge is 0.303 e. The molecule has 0 aliphatic heterocycles. The lowest BCUT2D eigenvalue weighted by atomic mass is 10.0. The number of fused-ring (bicyclic) bond motifs is 1. The van der Waals surface area contributed by atoms with Crippen LogP contribution >= 0.6 is 0 Å². The summed E-state index contributed by atoms with van der Waals surface area (Å²) in [4.78, 5) is 25.3. The fourth-order valence-corrected chi connectivity index (χ4v) is 2.15. The first-order chi connectivity index (χ1) is 8.49. The molecule has 2 N–H and O–H groups in total. The van der Waals surface area contributed by atoms with Crippen molar-refractivity contribution in [3.63, 3.8) is 0 Å². The summed E-state index contributed by atoms with van der Waals surface area (Å²) >= 11 is 0. The molecule has 0 spiro atoms. The second-order valence-corrected chi connectivity index (χ2v) is 4.50. The van der Waals surface area contributed by atoms with Gasteiger partial charge in [0.05, 0.1) is 0 Å². The Morgan fingerprint density at radius 2 is 2.06 bits per heavy atom. The van der Waals surface area contributed by atoms with Crippen LogP contribution < -0.4 is 5.56 Å². The van der Waals surface area contributed by atoms with E-state index < -0.39 is 5.97 Å². The fraction of sp³-hybridized carbons (Fsp3) is 0.286. The quantitative estimate of drug-likeness (QED) is 0.870. The molecule has 2 rings (SSSR count). The van der Waals surface area contributed by atoms with Crippen molar-refractivity contribution in [3.8, 4) is 0 Å². The van der Waals surface area contributed by atoms with Gasteiger partial charge in [-0.2, -0.15) is 0 Å². The average Bonchev–Trinajstić information content (AvgIpc) is 2.27. The summed E-state index contributed by atoms with van der Waals surface area (Å²) in [6, 6.07) is 5.86. The normalized spacial score (nSPS) is 10.8. The van der Waals surface area contributed by atoms with Crippen molar-refractivity contribution in [1.29, 1.82) is 0 Å². The van der Waals surface area contributed by atoms with Crippen LogP contribution in [0.25, 0.3) is 10.9 Å². The SMILES string of the molecule is Cc1ccc2c(C)c(CCC(=O)O)c(=O)[nH]c2c1. The fourth-order valence-electron chi connectivity index (χ4n) is 2.15. The monoisotopic (exact) mass is 245 g/mol. The molecule has 4 nitrogen and oxygen atoms in total. The summed E-state index contributed by atoms with van der Waals surface area (Å²) in [6.07, 6.45) is 0.238. The van der Waals surface area contributed by atoms with Crippen molar-refractivity contribution in [2.75, 3.05) is 0 Å². The third kappa shape index (κ3) is 2.27. The number of aliphatic carboxylic acids is 1. The standard InChI is InChI=1S/C14H15NO3/c1-8-3-4-10-9(2)11(5-6-13(16)17)14(18)15-12(10)7-8/h3-4,7H,5-6H2,1-2H3,(H,15,18)(H,16,17). The molecule has 0 fully saturated rings. The van der Waals surface area contributed by atoms with E-state index in [0.717, 1.165) is 22.0 Å². The van der Waals surface area contributed by atoms with E-state index in [4.69, 9.17) is 5.11 Å². The van der Waals surface area contributed by atoms with E-state index in [2.05, 4.69) is 4.98 Å². The van der Waals surface area contributed by atoms with Gasteiger partial charge in [0.15, 0.2) is 0 Å². The Morgan fingerprint density at radius 1 is 1.33 bits per heavy atom. The van der Waals surface area contributed by atoms with Crippen molar-refractivity contribution in [2.24, 2.45) is 0 Å². The van der Waals surface area contributed by atoms with Crippen LogP contribution in [0.15, 0.2) is 23.0 Å². The molecule has 0 atom stereocenters.